The molecule has 0 aromatic heterocycles. The first-order chi connectivity index (χ1) is 8.65. The third-order valence-corrected chi connectivity index (χ3v) is 3.32. The van der Waals surface area contributed by atoms with Crippen LogP contribution >= 0.6 is 0 Å². The molecule has 0 aliphatic rings. The maximum absolute atomic E-state index is 12.7. The topological polar surface area (TPSA) is 15.3 Å². The summed E-state index contributed by atoms with van der Waals surface area (Å²) in [6, 6.07) is 6.53. The summed E-state index contributed by atoms with van der Waals surface area (Å²) in [6.45, 7) is 10.9. The summed E-state index contributed by atoms with van der Waals surface area (Å²) in [5.74, 6) is 0.559. The van der Waals surface area contributed by atoms with Gasteiger partial charge in [-0.15, -0.1) is 0 Å². The van der Waals surface area contributed by atoms with Gasteiger partial charge in [0.25, 0.3) is 0 Å². The summed E-state index contributed by atoms with van der Waals surface area (Å²) < 4.78 is 12.7. The summed E-state index contributed by atoms with van der Waals surface area (Å²) in [7, 11) is 0. The molecule has 0 saturated heterocycles. The molecule has 1 aromatic carbocycles. The minimum absolute atomic E-state index is 0.187. The molecular weight excluding hydrogens is 227 g/mol. The lowest BCUT2D eigenvalue weighted by Crippen LogP contribution is -2.32. The second kappa shape index (κ2) is 8.09. The zero-order valence-electron chi connectivity index (χ0n) is 11.7. The van der Waals surface area contributed by atoms with Gasteiger partial charge in [0.1, 0.15) is 5.82 Å². The van der Waals surface area contributed by atoms with Gasteiger partial charge in [-0.3, -0.25) is 0 Å². The number of nitrogens with zero attached hydrogens (tertiary/aromatic N) is 1. The normalized spacial score (nSPS) is 12.7. The average molecular weight is 252 g/mol. The molecule has 18 heavy (non-hydrogen) atoms. The molecule has 0 aliphatic heterocycles. The molecule has 0 heterocycles. The third kappa shape index (κ3) is 5.50. The molecule has 1 rings (SSSR count). The Kier molecular flexibility index (Phi) is 6.73. The average Bonchev–Trinajstić information content (AvgIpc) is 2.39. The van der Waals surface area contributed by atoms with Gasteiger partial charge in [-0.1, -0.05) is 27.2 Å². The molecule has 0 aliphatic carbocycles. The molecule has 1 atom stereocenters. The van der Waals surface area contributed by atoms with E-state index in [0.29, 0.717) is 0 Å². The Bertz CT molecular complexity index is 324. The van der Waals surface area contributed by atoms with E-state index in [1.165, 1.54) is 18.6 Å². The van der Waals surface area contributed by atoms with Crippen molar-refractivity contribution in [3.63, 3.8) is 0 Å². The van der Waals surface area contributed by atoms with Crippen LogP contribution in [0.4, 0.5) is 10.1 Å². The second-order valence-electron chi connectivity index (χ2n) is 4.84. The zero-order chi connectivity index (χ0) is 13.4. The molecule has 0 amide bonds. The minimum atomic E-state index is -0.187. The lowest BCUT2D eigenvalue weighted by molar-refractivity contribution is 0.254. The SMILES string of the molecule is CCC(C)CN(CC)CCNc1ccc(F)cc1. The van der Waals surface area contributed by atoms with Gasteiger partial charge in [-0.25, -0.2) is 4.39 Å². The highest BCUT2D eigenvalue weighted by molar-refractivity contribution is 5.42. The Labute approximate surface area is 110 Å². The number of halogens is 1. The van der Waals surface area contributed by atoms with E-state index >= 15 is 0 Å². The number of rotatable bonds is 8. The molecule has 1 unspecified atom stereocenters. The van der Waals surface area contributed by atoms with Crippen LogP contribution in [-0.4, -0.2) is 31.1 Å². The van der Waals surface area contributed by atoms with Crippen molar-refractivity contribution in [2.24, 2.45) is 5.92 Å². The molecular formula is C15H25FN2. The van der Waals surface area contributed by atoms with Crippen LogP contribution in [0.1, 0.15) is 27.2 Å². The molecule has 1 N–H and O–H groups in total. The predicted octanol–water partition coefficient (Wildman–Crippen LogP) is 3.61. The van der Waals surface area contributed by atoms with Crippen molar-refractivity contribution in [2.75, 3.05) is 31.5 Å². The van der Waals surface area contributed by atoms with Gasteiger partial charge in [0.2, 0.25) is 0 Å². The van der Waals surface area contributed by atoms with Crippen LogP contribution in [0.5, 0.6) is 0 Å². The zero-order valence-corrected chi connectivity index (χ0v) is 11.7. The van der Waals surface area contributed by atoms with Crippen molar-refractivity contribution in [3.05, 3.63) is 30.1 Å². The lowest BCUT2D eigenvalue weighted by Gasteiger charge is -2.24. The number of likely N-dealkylation sites (N-methyl/N-ethyl adjacent to an activating group) is 1. The van der Waals surface area contributed by atoms with E-state index in [2.05, 4.69) is 31.0 Å². The van der Waals surface area contributed by atoms with E-state index in [-0.39, 0.29) is 5.82 Å². The van der Waals surface area contributed by atoms with E-state index in [4.69, 9.17) is 0 Å². The van der Waals surface area contributed by atoms with Crippen LogP contribution in [0.25, 0.3) is 0 Å². The van der Waals surface area contributed by atoms with E-state index < -0.39 is 0 Å². The van der Waals surface area contributed by atoms with Crippen LogP contribution in [0.3, 0.4) is 0 Å². The first kappa shape index (κ1) is 15.0. The fourth-order valence-electron chi connectivity index (χ4n) is 1.87. The molecule has 0 spiro atoms. The number of hydrogen-bond donors (Lipinski definition) is 1. The Morgan fingerprint density at radius 3 is 2.44 bits per heavy atom. The molecule has 0 radical (unpaired) electrons. The van der Waals surface area contributed by atoms with Crippen LogP contribution < -0.4 is 5.32 Å². The smallest absolute Gasteiger partial charge is 0.123 e. The maximum atomic E-state index is 12.7. The number of anilines is 1. The number of benzene rings is 1. The number of nitrogens with one attached hydrogen (secondary N) is 1. The van der Waals surface area contributed by atoms with Gasteiger partial charge in [0, 0.05) is 25.3 Å². The third-order valence-electron chi connectivity index (χ3n) is 3.32. The van der Waals surface area contributed by atoms with E-state index in [0.717, 1.165) is 37.8 Å². The van der Waals surface area contributed by atoms with Crippen molar-refractivity contribution in [2.45, 2.75) is 27.2 Å². The monoisotopic (exact) mass is 252 g/mol. The van der Waals surface area contributed by atoms with E-state index in [9.17, 15) is 4.39 Å². The first-order valence-corrected chi connectivity index (χ1v) is 6.87. The van der Waals surface area contributed by atoms with Crippen LogP contribution in [0.2, 0.25) is 0 Å². The highest BCUT2D eigenvalue weighted by Gasteiger charge is 2.06. The Balaban J connectivity index is 2.28. The van der Waals surface area contributed by atoms with Gasteiger partial charge in [-0.05, 0) is 36.7 Å². The maximum Gasteiger partial charge on any atom is 0.123 e. The summed E-state index contributed by atoms with van der Waals surface area (Å²) in [4.78, 5) is 2.45. The fourth-order valence-corrected chi connectivity index (χ4v) is 1.87. The molecule has 0 bridgehead atoms. The van der Waals surface area contributed by atoms with Crippen molar-refractivity contribution in [1.82, 2.24) is 4.90 Å². The standard InChI is InChI=1S/C15H25FN2/c1-4-13(3)12-18(5-2)11-10-17-15-8-6-14(16)7-9-15/h6-9,13,17H,4-5,10-12H2,1-3H3. The summed E-state index contributed by atoms with van der Waals surface area (Å²) in [5, 5.41) is 3.32. The van der Waals surface area contributed by atoms with Crippen LogP contribution in [0.15, 0.2) is 24.3 Å². The van der Waals surface area contributed by atoms with Crippen molar-refractivity contribution >= 4 is 5.69 Å². The van der Waals surface area contributed by atoms with Gasteiger partial charge in [-0.2, -0.15) is 0 Å². The van der Waals surface area contributed by atoms with Crippen molar-refractivity contribution in [3.8, 4) is 0 Å². The summed E-state index contributed by atoms with van der Waals surface area (Å²) in [6.07, 6.45) is 1.22. The Morgan fingerprint density at radius 2 is 1.89 bits per heavy atom. The molecule has 0 saturated carbocycles. The van der Waals surface area contributed by atoms with Crippen LogP contribution in [-0.2, 0) is 0 Å². The second-order valence-corrected chi connectivity index (χ2v) is 4.84. The van der Waals surface area contributed by atoms with Gasteiger partial charge < -0.3 is 10.2 Å². The van der Waals surface area contributed by atoms with Gasteiger partial charge in [0.05, 0.1) is 0 Å². The lowest BCUT2D eigenvalue weighted by atomic mass is 10.1. The van der Waals surface area contributed by atoms with Gasteiger partial charge in [0.15, 0.2) is 0 Å². The quantitative estimate of drug-likeness (QED) is 0.760. The van der Waals surface area contributed by atoms with Crippen molar-refractivity contribution < 1.29 is 4.39 Å². The summed E-state index contributed by atoms with van der Waals surface area (Å²) in [5.41, 5.74) is 0.982. The molecule has 2 nitrogen and oxygen atoms in total. The Hall–Kier alpha value is -1.09. The van der Waals surface area contributed by atoms with E-state index in [1.54, 1.807) is 12.1 Å². The fraction of sp³-hybridized carbons (Fsp3) is 0.600. The number of hydrogen-bond acceptors (Lipinski definition) is 2. The molecule has 3 heteroatoms. The van der Waals surface area contributed by atoms with Crippen LogP contribution in [0, 0.1) is 11.7 Å². The summed E-state index contributed by atoms with van der Waals surface area (Å²) >= 11 is 0. The highest BCUT2D eigenvalue weighted by atomic mass is 19.1. The molecule has 1 aromatic rings. The largest absolute Gasteiger partial charge is 0.384 e. The van der Waals surface area contributed by atoms with E-state index in [1.807, 2.05) is 0 Å². The Morgan fingerprint density at radius 1 is 1.22 bits per heavy atom. The first-order valence-electron chi connectivity index (χ1n) is 6.87. The highest BCUT2D eigenvalue weighted by Crippen LogP contribution is 2.08. The molecule has 0 fully saturated rings. The van der Waals surface area contributed by atoms with Gasteiger partial charge >= 0.3 is 0 Å². The predicted molar refractivity (Wildman–Crippen MR) is 76.5 cm³/mol. The molecule has 102 valence electrons. The minimum Gasteiger partial charge on any atom is -0.384 e. The van der Waals surface area contributed by atoms with Crippen molar-refractivity contribution in [1.29, 1.82) is 0 Å².